The Labute approximate surface area is 95.3 Å². The molecule has 0 unspecified atom stereocenters. The molecule has 0 saturated heterocycles. The van der Waals surface area contributed by atoms with E-state index < -0.39 is 0 Å². The number of aromatic nitrogens is 1. The minimum absolute atomic E-state index is 0.106. The molecule has 1 aromatic rings. The van der Waals surface area contributed by atoms with Crippen molar-refractivity contribution in [2.24, 2.45) is 0 Å². The normalized spacial score (nSPS) is 18.0. The van der Waals surface area contributed by atoms with Gasteiger partial charge in [-0.05, 0) is 18.9 Å². The van der Waals surface area contributed by atoms with Crippen molar-refractivity contribution in [2.45, 2.75) is 44.6 Å². The first-order valence-electron chi connectivity index (χ1n) is 6.01. The zero-order valence-electron chi connectivity index (χ0n) is 9.46. The molecule has 2 rings (SSSR count). The second-order valence-corrected chi connectivity index (χ2v) is 4.49. The number of pyridine rings is 1. The summed E-state index contributed by atoms with van der Waals surface area (Å²) in [6, 6.07) is 3.55. The third-order valence-corrected chi connectivity index (χ3v) is 3.15. The number of nitrogens with two attached hydrogens (primary N) is 1. The van der Waals surface area contributed by atoms with Crippen molar-refractivity contribution in [1.29, 1.82) is 0 Å². The molecule has 4 heteroatoms. The van der Waals surface area contributed by atoms with Crippen LogP contribution < -0.4 is 16.6 Å². The molecular formula is C12H19N3O. The Morgan fingerprint density at radius 3 is 2.56 bits per heavy atom. The molecule has 0 amide bonds. The van der Waals surface area contributed by atoms with Crippen LogP contribution in [0.1, 0.15) is 38.5 Å². The highest BCUT2D eigenvalue weighted by Gasteiger charge is 2.13. The second-order valence-electron chi connectivity index (χ2n) is 4.49. The Balaban J connectivity index is 2.07. The summed E-state index contributed by atoms with van der Waals surface area (Å²) in [6.07, 6.45) is 7.48. The molecule has 1 fully saturated rings. The molecule has 16 heavy (non-hydrogen) atoms. The van der Waals surface area contributed by atoms with Crippen molar-refractivity contribution in [3.8, 4) is 0 Å². The van der Waals surface area contributed by atoms with Crippen molar-refractivity contribution < 1.29 is 0 Å². The van der Waals surface area contributed by atoms with Gasteiger partial charge in [-0.1, -0.05) is 25.7 Å². The fourth-order valence-corrected chi connectivity index (χ4v) is 2.23. The van der Waals surface area contributed by atoms with Crippen LogP contribution in [0.4, 0.5) is 11.5 Å². The SMILES string of the molecule is Nc1ccc(=O)[nH]c1NC1CCCCCC1. The van der Waals surface area contributed by atoms with Crippen LogP contribution >= 0.6 is 0 Å². The summed E-state index contributed by atoms with van der Waals surface area (Å²) < 4.78 is 0. The van der Waals surface area contributed by atoms with E-state index in [1.165, 1.54) is 31.7 Å². The minimum Gasteiger partial charge on any atom is -0.396 e. The van der Waals surface area contributed by atoms with Gasteiger partial charge in [0.1, 0.15) is 5.82 Å². The molecule has 1 aliphatic rings. The molecular weight excluding hydrogens is 202 g/mol. The number of nitrogens with one attached hydrogen (secondary N) is 2. The lowest BCUT2D eigenvalue weighted by Crippen LogP contribution is -2.22. The molecule has 1 heterocycles. The lowest BCUT2D eigenvalue weighted by molar-refractivity contribution is 0.618. The van der Waals surface area contributed by atoms with E-state index in [0.29, 0.717) is 17.5 Å². The monoisotopic (exact) mass is 221 g/mol. The van der Waals surface area contributed by atoms with E-state index in [0.717, 1.165) is 12.8 Å². The molecule has 1 aliphatic carbocycles. The average Bonchev–Trinajstić information content (AvgIpc) is 2.52. The van der Waals surface area contributed by atoms with Crippen LogP contribution in [0.2, 0.25) is 0 Å². The van der Waals surface area contributed by atoms with Gasteiger partial charge in [0.15, 0.2) is 0 Å². The fourth-order valence-electron chi connectivity index (χ4n) is 2.23. The molecule has 0 spiro atoms. The third-order valence-electron chi connectivity index (χ3n) is 3.15. The maximum absolute atomic E-state index is 11.2. The number of hydrogen-bond donors (Lipinski definition) is 3. The van der Waals surface area contributed by atoms with E-state index in [4.69, 9.17) is 5.73 Å². The van der Waals surface area contributed by atoms with Gasteiger partial charge in [0.05, 0.1) is 5.69 Å². The van der Waals surface area contributed by atoms with E-state index >= 15 is 0 Å². The summed E-state index contributed by atoms with van der Waals surface area (Å²) in [5.41, 5.74) is 6.32. The summed E-state index contributed by atoms with van der Waals surface area (Å²) in [5.74, 6) is 0.680. The summed E-state index contributed by atoms with van der Waals surface area (Å²) in [5, 5.41) is 3.35. The number of anilines is 2. The first kappa shape index (κ1) is 11.0. The molecule has 0 atom stereocenters. The van der Waals surface area contributed by atoms with Crippen LogP contribution in [0.5, 0.6) is 0 Å². The number of aromatic amines is 1. The van der Waals surface area contributed by atoms with E-state index in [-0.39, 0.29) is 5.56 Å². The Hall–Kier alpha value is -1.45. The molecule has 0 aromatic carbocycles. The van der Waals surface area contributed by atoms with Crippen LogP contribution in [-0.4, -0.2) is 11.0 Å². The van der Waals surface area contributed by atoms with Crippen LogP contribution in [-0.2, 0) is 0 Å². The lowest BCUT2D eigenvalue weighted by Gasteiger charge is -2.18. The summed E-state index contributed by atoms with van der Waals surface area (Å²) in [6.45, 7) is 0. The van der Waals surface area contributed by atoms with Crippen LogP contribution in [0.3, 0.4) is 0 Å². The summed E-state index contributed by atoms with van der Waals surface area (Å²) >= 11 is 0. The van der Waals surface area contributed by atoms with Crippen LogP contribution in [0, 0.1) is 0 Å². The number of rotatable bonds is 2. The zero-order valence-corrected chi connectivity index (χ0v) is 9.46. The van der Waals surface area contributed by atoms with Gasteiger partial charge in [-0.3, -0.25) is 4.79 Å². The van der Waals surface area contributed by atoms with Crippen LogP contribution in [0.15, 0.2) is 16.9 Å². The average molecular weight is 221 g/mol. The predicted molar refractivity (Wildman–Crippen MR) is 66.6 cm³/mol. The van der Waals surface area contributed by atoms with Crippen LogP contribution in [0.25, 0.3) is 0 Å². The van der Waals surface area contributed by atoms with Gasteiger partial charge in [0.2, 0.25) is 5.56 Å². The summed E-state index contributed by atoms with van der Waals surface area (Å²) in [4.78, 5) is 14.0. The predicted octanol–water partition coefficient (Wildman–Crippen LogP) is 2.09. The molecule has 0 aliphatic heterocycles. The van der Waals surface area contributed by atoms with E-state index in [9.17, 15) is 4.79 Å². The maximum Gasteiger partial charge on any atom is 0.249 e. The van der Waals surface area contributed by atoms with Crippen molar-refractivity contribution in [2.75, 3.05) is 11.1 Å². The fraction of sp³-hybridized carbons (Fsp3) is 0.583. The first-order chi connectivity index (χ1) is 7.75. The highest BCUT2D eigenvalue weighted by molar-refractivity contribution is 5.60. The van der Waals surface area contributed by atoms with Crippen molar-refractivity contribution >= 4 is 11.5 Å². The lowest BCUT2D eigenvalue weighted by atomic mass is 10.1. The smallest absolute Gasteiger partial charge is 0.249 e. The van der Waals surface area contributed by atoms with E-state index in [1.807, 2.05) is 0 Å². The topological polar surface area (TPSA) is 70.9 Å². The van der Waals surface area contributed by atoms with Gasteiger partial charge in [-0.2, -0.15) is 0 Å². The summed E-state index contributed by atoms with van der Waals surface area (Å²) in [7, 11) is 0. The Kier molecular flexibility index (Phi) is 3.49. The molecule has 1 saturated carbocycles. The zero-order chi connectivity index (χ0) is 11.4. The molecule has 1 aromatic heterocycles. The van der Waals surface area contributed by atoms with Crippen molar-refractivity contribution in [3.05, 3.63) is 22.5 Å². The van der Waals surface area contributed by atoms with E-state index in [2.05, 4.69) is 10.3 Å². The van der Waals surface area contributed by atoms with Crippen molar-refractivity contribution in [1.82, 2.24) is 4.98 Å². The standard InChI is InChI=1S/C12H19N3O/c13-10-7-8-11(16)15-12(10)14-9-5-3-1-2-4-6-9/h7-9H,1-6,13H2,(H2,14,15,16). The van der Waals surface area contributed by atoms with Crippen molar-refractivity contribution in [3.63, 3.8) is 0 Å². The first-order valence-corrected chi connectivity index (χ1v) is 6.01. The third kappa shape index (κ3) is 2.78. The van der Waals surface area contributed by atoms with Gasteiger partial charge in [0.25, 0.3) is 0 Å². The highest BCUT2D eigenvalue weighted by Crippen LogP contribution is 2.22. The quantitative estimate of drug-likeness (QED) is 0.670. The largest absolute Gasteiger partial charge is 0.396 e. The van der Waals surface area contributed by atoms with E-state index in [1.54, 1.807) is 6.07 Å². The Morgan fingerprint density at radius 2 is 1.88 bits per heavy atom. The number of H-pyrrole nitrogens is 1. The molecule has 4 N–H and O–H groups in total. The Morgan fingerprint density at radius 1 is 1.19 bits per heavy atom. The van der Waals surface area contributed by atoms with Gasteiger partial charge < -0.3 is 16.0 Å². The maximum atomic E-state index is 11.2. The number of hydrogen-bond acceptors (Lipinski definition) is 3. The number of nitrogen functional groups attached to an aromatic ring is 1. The van der Waals surface area contributed by atoms with Gasteiger partial charge in [0, 0.05) is 12.1 Å². The molecule has 4 nitrogen and oxygen atoms in total. The van der Waals surface area contributed by atoms with Gasteiger partial charge in [-0.25, -0.2) is 0 Å². The highest BCUT2D eigenvalue weighted by atomic mass is 16.1. The van der Waals surface area contributed by atoms with Gasteiger partial charge >= 0.3 is 0 Å². The second kappa shape index (κ2) is 5.05. The molecule has 0 bridgehead atoms. The molecule has 0 radical (unpaired) electrons. The minimum atomic E-state index is -0.106. The molecule has 88 valence electrons. The van der Waals surface area contributed by atoms with Gasteiger partial charge in [-0.15, -0.1) is 0 Å². The Bertz CT molecular complexity index is 391.